The first-order valence-electron chi connectivity index (χ1n) is 16.7. The molecule has 0 aromatic heterocycles. The van der Waals surface area contributed by atoms with E-state index in [1.807, 2.05) is 78.9 Å². The van der Waals surface area contributed by atoms with Crippen molar-refractivity contribution in [3.05, 3.63) is 133 Å². The van der Waals surface area contributed by atoms with Gasteiger partial charge in [-0.1, -0.05) is 103 Å². The number of allylic oxidation sites excluding steroid dienone is 2. The predicted molar refractivity (Wildman–Crippen MR) is 189 cm³/mol. The summed E-state index contributed by atoms with van der Waals surface area (Å²) in [4.78, 5) is 53.3. The number of benzene rings is 3. The maximum atomic E-state index is 13.6. The zero-order valence-corrected chi connectivity index (χ0v) is 28.0. The number of amides is 2. The molecule has 4 atom stereocenters. The van der Waals surface area contributed by atoms with Crippen molar-refractivity contribution in [1.29, 1.82) is 0 Å². The van der Waals surface area contributed by atoms with Gasteiger partial charge in [0.15, 0.2) is 6.04 Å². The van der Waals surface area contributed by atoms with Crippen molar-refractivity contribution < 1.29 is 33.8 Å². The van der Waals surface area contributed by atoms with E-state index in [1.54, 1.807) is 18.2 Å². The second kappa shape index (κ2) is 21.8. The Balaban J connectivity index is 1.70. The number of hydrogen-bond acceptors (Lipinski definition) is 7. The Hall–Kier alpha value is -5.02. The summed E-state index contributed by atoms with van der Waals surface area (Å²) in [5, 5.41) is 15.3. The van der Waals surface area contributed by atoms with Crippen LogP contribution in [0.1, 0.15) is 48.8 Å². The highest BCUT2D eigenvalue weighted by Crippen LogP contribution is 2.18. The molecule has 2 amide bonds. The Morgan fingerprint density at radius 2 is 1.31 bits per heavy atom. The molecule has 9 nitrogen and oxygen atoms in total. The second-order valence-corrected chi connectivity index (χ2v) is 12.0. The van der Waals surface area contributed by atoms with Gasteiger partial charge in [-0.25, -0.2) is 4.79 Å². The summed E-state index contributed by atoms with van der Waals surface area (Å²) in [7, 11) is 0. The molecule has 0 fully saturated rings. The number of hydrogen-bond donors (Lipinski definition) is 3. The van der Waals surface area contributed by atoms with Gasteiger partial charge in [0, 0.05) is 6.42 Å². The molecule has 0 heterocycles. The van der Waals surface area contributed by atoms with E-state index in [1.165, 1.54) is 6.08 Å². The Kier molecular flexibility index (Phi) is 17.1. The quantitative estimate of drug-likeness (QED) is 0.0755. The number of unbranched alkanes of at least 4 members (excludes halogenated alkanes) is 1. The van der Waals surface area contributed by atoms with Crippen molar-refractivity contribution >= 4 is 23.8 Å². The Morgan fingerprint density at radius 1 is 0.714 bits per heavy atom. The summed E-state index contributed by atoms with van der Waals surface area (Å²) in [6, 6.07) is 26.3. The van der Waals surface area contributed by atoms with E-state index in [4.69, 9.17) is 9.47 Å². The normalized spacial score (nSPS) is 13.2. The van der Waals surface area contributed by atoms with E-state index in [0.29, 0.717) is 19.3 Å². The van der Waals surface area contributed by atoms with Crippen LogP contribution >= 0.6 is 0 Å². The third-order valence-electron chi connectivity index (χ3n) is 8.00. The first kappa shape index (κ1) is 38.4. The fourth-order valence-electron chi connectivity index (χ4n) is 5.34. The highest BCUT2D eigenvalue weighted by atomic mass is 16.6. The Bertz CT molecular complexity index is 1460. The highest BCUT2D eigenvalue weighted by molar-refractivity contribution is 5.89. The van der Waals surface area contributed by atoms with E-state index >= 15 is 0 Å². The molecule has 0 aliphatic carbocycles. The van der Waals surface area contributed by atoms with E-state index in [0.717, 1.165) is 29.5 Å². The predicted octanol–water partition coefficient (Wildman–Crippen LogP) is 5.28. The summed E-state index contributed by atoms with van der Waals surface area (Å²) < 4.78 is 11.2. The maximum Gasteiger partial charge on any atom is 0.332 e. The zero-order chi connectivity index (χ0) is 35.3. The number of nitrogens with one attached hydrogen (secondary N) is 2. The van der Waals surface area contributed by atoms with Crippen LogP contribution in [0, 0.1) is 11.8 Å². The fourth-order valence-corrected chi connectivity index (χ4v) is 5.34. The van der Waals surface area contributed by atoms with Gasteiger partial charge >= 0.3 is 11.9 Å². The lowest BCUT2D eigenvalue weighted by Gasteiger charge is -2.23. The molecule has 260 valence electrons. The number of rotatable bonds is 22. The smallest absolute Gasteiger partial charge is 0.332 e. The molecule has 3 aromatic rings. The van der Waals surface area contributed by atoms with Crippen LogP contribution in [0.4, 0.5) is 0 Å². The molecular formula is C40H48N2O7. The molecule has 49 heavy (non-hydrogen) atoms. The molecule has 0 saturated heterocycles. The van der Waals surface area contributed by atoms with Gasteiger partial charge in [-0.15, -0.1) is 13.2 Å². The minimum atomic E-state index is -1.32. The number of carbonyl (C=O) groups excluding carboxylic acids is 4. The van der Waals surface area contributed by atoms with Crippen LogP contribution in [0.5, 0.6) is 0 Å². The Labute approximate surface area is 289 Å². The van der Waals surface area contributed by atoms with Crippen molar-refractivity contribution in [3.8, 4) is 0 Å². The SMILES string of the molecule is C=CCCC[C@H](Cc1ccccc1)C(=O)OC[C@@H](NC(=O)[C@H](CC=C)CC(=O)N[C@@H](CO)Cc1ccccc1)C(=O)OCc1ccccc1. The monoisotopic (exact) mass is 668 g/mol. The molecule has 9 heteroatoms. The van der Waals surface area contributed by atoms with E-state index in [-0.39, 0.29) is 26.1 Å². The largest absolute Gasteiger partial charge is 0.463 e. The summed E-state index contributed by atoms with van der Waals surface area (Å²) >= 11 is 0. The van der Waals surface area contributed by atoms with E-state index in [9.17, 15) is 24.3 Å². The van der Waals surface area contributed by atoms with Crippen LogP contribution in [0.25, 0.3) is 0 Å². The van der Waals surface area contributed by atoms with Crippen LogP contribution < -0.4 is 10.6 Å². The topological polar surface area (TPSA) is 131 Å². The standard InChI is InChI=1S/C40H48N2O7/c1-3-5-9-23-34(24-30-17-10-6-11-18-30)39(46)49-29-36(40(47)48-28-32-21-14-8-15-22-32)42-38(45)33(16-4-2)26-37(44)41-35(27-43)25-31-19-12-7-13-20-31/h3-4,6-8,10-15,17-22,33-36,43H,1-2,5,9,16,23-29H2,(H,41,44)(H,42,45)/t33-,34-,35-,36-/m1/s1. The summed E-state index contributed by atoms with van der Waals surface area (Å²) in [5.74, 6) is -3.64. The van der Waals surface area contributed by atoms with Crippen molar-refractivity contribution in [2.75, 3.05) is 13.2 Å². The van der Waals surface area contributed by atoms with E-state index < -0.39 is 54.3 Å². The molecule has 0 saturated carbocycles. The van der Waals surface area contributed by atoms with E-state index in [2.05, 4.69) is 23.8 Å². The molecule has 0 aliphatic heterocycles. The van der Waals surface area contributed by atoms with Crippen LogP contribution in [-0.4, -0.2) is 54.2 Å². The maximum absolute atomic E-state index is 13.6. The van der Waals surface area contributed by atoms with Gasteiger partial charge in [0.25, 0.3) is 0 Å². The van der Waals surface area contributed by atoms with Gasteiger partial charge in [0.05, 0.1) is 24.5 Å². The lowest BCUT2D eigenvalue weighted by atomic mass is 9.94. The first-order valence-corrected chi connectivity index (χ1v) is 16.7. The molecule has 0 radical (unpaired) electrons. The molecule has 0 bridgehead atoms. The lowest BCUT2D eigenvalue weighted by molar-refractivity contribution is -0.157. The van der Waals surface area contributed by atoms with Crippen molar-refractivity contribution in [2.45, 2.75) is 63.6 Å². The minimum absolute atomic E-state index is 0.0410. The van der Waals surface area contributed by atoms with Gasteiger partial charge < -0.3 is 25.2 Å². The second-order valence-electron chi connectivity index (χ2n) is 12.0. The highest BCUT2D eigenvalue weighted by Gasteiger charge is 2.30. The number of carbonyl (C=O) groups is 4. The van der Waals surface area contributed by atoms with Crippen molar-refractivity contribution in [1.82, 2.24) is 10.6 Å². The van der Waals surface area contributed by atoms with Crippen LogP contribution in [0.15, 0.2) is 116 Å². The van der Waals surface area contributed by atoms with Crippen LogP contribution in [0.2, 0.25) is 0 Å². The fraction of sp³-hybridized carbons (Fsp3) is 0.350. The molecule has 0 unspecified atom stereocenters. The summed E-state index contributed by atoms with van der Waals surface area (Å²) in [5.41, 5.74) is 2.67. The number of esters is 2. The number of aliphatic hydroxyl groups excluding tert-OH is 1. The van der Waals surface area contributed by atoms with Crippen LogP contribution in [-0.2, 0) is 48.1 Å². The number of ether oxygens (including phenoxy) is 2. The molecular weight excluding hydrogens is 620 g/mol. The minimum Gasteiger partial charge on any atom is -0.463 e. The van der Waals surface area contributed by atoms with Crippen molar-refractivity contribution in [3.63, 3.8) is 0 Å². The average molecular weight is 669 g/mol. The molecule has 0 aliphatic rings. The average Bonchev–Trinajstić information content (AvgIpc) is 3.12. The molecule has 3 rings (SSSR count). The molecule has 3 aromatic carbocycles. The van der Waals surface area contributed by atoms with Gasteiger partial charge in [-0.2, -0.15) is 0 Å². The van der Waals surface area contributed by atoms with Gasteiger partial charge in [-0.05, 0) is 55.2 Å². The Morgan fingerprint density at radius 3 is 1.88 bits per heavy atom. The summed E-state index contributed by atoms with van der Waals surface area (Å²) in [6.45, 7) is 6.72. The van der Waals surface area contributed by atoms with Crippen LogP contribution in [0.3, 0.4) is 0 Å². The third-order valence-corrected chi connectivity index (χ3v) is 8.00. The lowest BCUT2D eigenvalue weighted by Crippen LogP contribution is -2.48. The molecule has 0 spiro atoms. The first-order chi connectivity index (χ1) is 23.8. The molecule has 3 N–H and O–H groups in total. The van der Waals surface area contributed by atoms with Gasteiger partial charge in [-0.3, -0.25) is 14.4 Å². The third kappa shape index (κ3) is 14.3. The van der Waals surface area contributed by atoms with Gasteiger partial charge in [0.2, 0.25) is 11.8 Å². The zero-order valence-electron chi connectivity index (χ0n) is 28.0. The number of aliphatic hydroxyl groups is 1. The summed E-state index contributed by atoms with van der Waals surface area (Å²) in [6.07, 6.45) is 6.17. The van der Waals surface area contributed by atoms with Crippen molar-refractivity contribution in [2.24, 2.45) is 11.8 Å². The van der Waals surface area contributed by atoms with Gasteiger partial charge in [0.1, 0.15) is 13.2 Å².